The molecular weight excluding hydrogens is 136 g/mol. The minimum Gasteiger partial charge on any atom is -0.394 e. The fourth-order valence-electron chi connectivity index (χ4n) is 0.925. The minimum absolute atomic E-state index is 0.112. The Labute approximate surface area is 58.3 Å². The van der Waals surface area contributed by atoms with Crippen molar-refractivity contribution in [2.75, 3.05) is 19.9 Å². The quantitative estimate of drug-likeness (QED) is 0.436. The van der Waals surface area contributed by atoms with Gasteiger partial charge < -0.3 is 15.5 Å². The van der Waals surface area contributed by atoms with Gasteiger partial charge in [0.15, 0.2) is 0 Å². The van der Waals surface area contributed by atoms with Crippen LogP contribution in [0.25, 0.3) is 0 Å². The molecule has 0 saturated carbocycles. The molecule has 5 nitrogen and oxygen atoms in total. The Morgan fingerprint density at radius 1 is 1.70 bits per heavy atom. The maximum atomic E-state index is 10.7. The number of nitrogens with zero attached hydrogens (tertiary/aromatic N) is 1. The summed E-state index contributed by atoms with van der Waals surface area (Å²) in [6, 6.07) is -0.584. The van der Waals surface area contributed by atoms with Crippen molar-refractivity contribution in [2.45, 2.75) is 6.04 Å². The average molecular weight is 146 g/mol. The number of carbonyl (C=O) groups excluding carboxylic acids is 1. The summed E-state index contributed by atoms with van der Waals surface area (Å²) < 4.78 is 0. The van der Waals surface area contributed by atoms with E-state index < -0.39 is 0 Å². The normalized spacial score (nSPS) is 25.2. The maximum Gasteiger partial charge on any atom is 0.319 e. The molecule has 1 heterocycles. The summed E-state index contributed by atoms with van der Waals surface area (Å²) in [5.74, 6) is 0. The molecule has 1 atom stereocenters. The summed E-state index contributed by atoms with van der Waals surface area (Å²) in [4.78, 5) is 11.9. The standard InChI is InChI=1S/C5H10N2O3/c8-2-4-1-6-5(10)7(4)3-9/h4,8-9H,1-3H2,(H,6,10)/t4-/m0/s1. The average Bonchev–Trinajstić information content (AvgIpc) is 2.30. The van der Waals surface area contributed by atoms with E-state index >= 15 is 0 Å². The third-order valence-electron chi connectivity index (χ3n) is 1.55. The zero-order chi connectivity index (χ0) is 7.56. The lowest BCUT2D eigenvalue weighted by Gasteiger charge is -2.17. The first kappa shape index (κ1) is 7.30. The lowest BCUT2D eigenvalue weighted by atomic mass is 10.3. The Balaban J connectivity index is 2.54. The summed E-state index contributed by atoms with van der Waals surface area (Å²) in [6.07, 6.45) is 0. The van der Waals surface area contributed by atoms with Crippen molar-refractivity contribution in [1.82, 2.24) is 10.2 Å². The SMILES string of the molecule is O=C1NC[C@@H](CO)N1CO. The number of aliphatic hydroxyl groups is 2. The highest BCUT2D eigenvalue weighted by molar-refractivity contribution is 5.76. The second kappa shape index (κ2) is 2.85. The van der Waals surface area contributed by atoms with Crippen molar-refractivity contribution in [2.24, 2.45) is 0 Å². The molecule has 1 aliphatic rings. The Bertz CT molecular complexity index is 139. The Hall–Kier alpha value is -0.810. The second-order valence-electron chi connectivity index (χ2n) is 2.13. The molecule has 1 rings (SSSR count). The van der Waals surface area contributed by atoms with E-state index in [2.05, 4.69) is 5.32 Å². The molecule has 2 amide bonds. The summed E-state index contributed by atoms with van der Waals surface area (Å²) in [5.41, 5.74) is 0. The van der Waals surface area contributed by atoms with Crippen LogP contribution in [0.15, 0.2) is 0 Å². The van der Waals surface area contributed by atoms with Gasteiger partial charge in [0, 0.05) is 6.54 Å². The molecule has 3 N–H and O–H groups in total. The number of amides is 2. The van der Waals surface area contributed by atoms with E-state index in [0.717, 1.165) is 0 Å². The predicted octanol–water partition coefficient (Wildman–Crippen LogP) is -1.68. The van der Waals surface area contributed by atoms with Gasteiger partial charge in [-0.3, -0.25) is 4.90 Å². The lowest BCUT2D eigenvalue weighted by Crippen LogP contribution is -2.36. The van der Waals surface area contributed by atoms with Gasteiger partial charge in [-0.05, 0) is 0 Å². The monoisotopic (exact) mass is 146 g/mol. The molecule has 1 fully saturated rings. The molecule has 10 heavy (non-hydrogen) atoms. The Kier molecular flexibility index (Phi) is 2.08. The number of hydrogen-bond acceptors (Lipinski definition) is 3. The van der Waals surface area contributed by atoms with Crippen LogP contribution >= 0.6 is 0 Å². The number of hydrogen-bond donors (Lipinski definition) is 3. The molecule has 0 bridgehead atoms. The first-order valence-corrected chi connectivity index (χ1v) is 3.05. The van der Waals surface area contributed by atoms with Gasteiger partial charge in [0.05, 0.1) is 12.6 Å². The van der Waals surface area contributed by atoms with Crippen molar-refractivity contribution < 1.29 is 15.0 Å². The Morgan fingerprint density at radius 2 is 2.40 bits per heavy atom. The predicted molar refractivity (Wildman–Crippen MR) is 33.2 cm³/mol. The van der Waals surface area contributed by atoms with E-state index in [1.807, 2.05) is 0 Å². The second-order valence-corrected chi connectivity index (χ2v) is 2.13. The van der Waals surface area contributed by atoms with Crippen LogP contribution in [0.4, 0.5) is 4.79 Å². The summed E-state index contributed by atoms with van der Waals surface area (Å²) >= 11 is 0. The van der Waals surface area contributed by atoms with Crippen LogP contribution in [-0.2, 0) is 0 Å². The maximum absolute atomic E-state index is 10.7. The van der Waals surface area contributed by atoms with E-state index in [4.69, 9.17) is 10.2 Å². The molecular formula is C5H10N2O3. The molecule has 0 aromatic carbocycles. The van der Waals surface area contributed by atoms with Crippen molar-refractivity contribution in [1.29, 1.82) is 0 Å². The van der Waals surface area contributed by atoms with Crippen molar-refractivity contribution in [3.63, 3.8) is 0 Å². The first-order valence-electron chi connectivity index (χ1n) is 3.05. The highest BCUT2D eigenvalue weighted by Crippen LogP contribution is 2.03. The molecule has 0 aromatic rings. The smallest absolute Gasteiger partial charge is 0.319 e. The van der Waals surface area contributed by atoms with E-state index in [-0.39, 0.29) is 25.4 Å². The molecule has 0 radical (unpaired) electrons. The summed E-state index contributed by atoms with van der Waals surface area (Å²) in [6.45, 7) is -0.0355. The van der Waals surface area contributed by atoms with Gasteiger partial charge in [0.2, 0.25) is 0 Å². The van der Waals surface area contributed by atoms with Gasteiger partial charge in [0.1, 0.15) is 6.73 Å². The van der Waals surface area contributed by atoms with Crippen LogP contribution in [0.1, 0.15) is 0 Å². The highest BCUT2D eigenvalue weighted by Gasteiger charge is 2.28. The Morgan fingerprint density at radius 3 is 2.80 bits per heavy atom. The van der Waals surface area contributed by atoms with Crippen LogP contribution in [0.3, 0.4) is 0 Å². The van der Waals surface area contributed by atoms with Crippen LogP contribution in [-0.4, -0.2) is 47.1 Å². The van der Waals surface area contributed by atoms with E-state index in [1.165, 1.54) is 4.90 Å². The van der Waals surface area contributed by atoms with Crippen LogP contribution < -0.4 is 5.32 Å². The zero-order valence-electron chi connectivity index (χ0n) is 5.45. The van der Waals surface area contributed by atoms with Gasteiger partial charge >= 0.3 is 6.03 Å². The molecule has 1 saturated heterocycles. The van der Waals surface area contributed by atoms with Gasteiger partial charge in [-0.25, -0.2) is 4.79 Å². The largest absolute Gasteiger partial charge is 0.394 e. The van der Waals surface area contributed by atoms with E-state index in [9.17, 15) is 4.79 Å². The number of nitrogens with one attached hydrogen (secondary N) is 1. The fraction of sp³-hybridized carbons (Fsp3) is 0.800. The third kappa shape index (κ3) is 1.05. The lowest BCUT2D eigenvalue weighted by molar-refractivity contribution is 0.0911. The fourth-order valence-corrected chi connectivity index (χ4v) is 0.925. The van der Waals surface area contributed by atoms with Gasteiger partial charge in [-0.1, -0.05) is 0 Å². The van der Waals surface area contributed by atoms with Crippen molar-refractivity contribution in [3.8, 4) is 0 Å². The summed E-state index contributed by atoms with van der Waals surface area (Å²) in [7, 11) is 0. The van der Waals surface area contributed by atoms with Crippen LogP contribution in [0.2, 0.25) is 0 Å². The topological polar surface area (TPSA) is 72.8 Å². The molecule has 5 heteroatoms. The van der Waals surface area contributed by atoms with Crippen LogP contribution in [0.5, 0.6) is 0 Å². The van der Waals surface area contributed by atoms with Crippen molar-refractivity contribution >= 4 is 6.03 Å². The first-order chi connectivity index (χ1) is 4.79. The minimum atomic E-state index is -0.336. The number of urea groups is 1. The molecule has 0 aliphatic carbocycles. The third-order valence-corrected chi connectivity index (χ3v) is 1.55. The van der Waals surface area contributed by atoms with Gasteiger partial charge in [-0.15, -0.1) is 0 Å². The van der Waals surface area contributed by atoms with Crippen molar-refractivity contribution in [3.05, 3.63) is 0 Å². The van der Waals surface area contributed by atoms with E-state index in [1.54, 1.807) is 0 Å². The van der Waals surface area contributed by atoms with E-state index in [0.29, 0.717) is 6.54 Å². The van der Waals surface area contributed by atoms with Gasteiger partial charge in [-0.2, -0.15) is 0 Å². The molecule has 0 unspecified atom stereocenters. The zero-order valence-corrected chi connectivity index (χ0v) is 5.45. The number of carbonyl (C=O) groups is 1. The van der Waals surface area contributed by atoms with Crippen LogP contribution in [0, 0.1) is 0 Å². The molecule has 0 spiro atoms. The number of rotatable bonds is 2. The molecule has 1 aliphatic heterocycles. The highest BCUT2D eigenvalue weighted by atomic mass is 16.3. The molecule has 0 aromatic heterocycles. The number of aliphatic hydroxyl groups excluding tert-OH is 2. The molecule has 58 valence electrons. The summed E-state index contributed by atoms with van der Waals surface area (Å²) in [5, 5.41) is 19.7. The van der Waals surface area contributed by atoms with Gasteiger partial charge in [0.25, 0.3) is 0 Å².